The molecule has 27 heavy (non-hydrogen) atoms. The Morgan fingerprint density at radius 3 is 2.37 bits per heavy atom. The van der Waals surface area contributed by atoms with Crippen molar-refractivity contribution in [1.29, 1.82) is 0 Å². The van der Waals surface area contributed by atoms with E-state index >= 15 is 0 Å². The van der Waals surface area contributed by atoms with Gasteiger partial charge in [0.15, 0.2) is 5.71 Å². The van der Waals surface area contributed by atoms with Crippen LogP contribution in [0, 0.1) is 6.92 Å². The van der Waals surface area contributed by atoms with Crippen molar-refractivity contribution in [2.24, 2.45) is 0 Å². The third kappa shape index (κ3) is 2.74. The number of nitrogen functional groups attached to an aromatic ring is 1. The summed E-state index contributed by atoms with van der Waals surface area (Å²) in [4.78, 5) is 0. The van der Waals surface area contributed by atoms with E-state index in [1.807, 2.05) is 6.07 Å². The van der Waals surface area contributed by atoms with Crippen molar-refractivity contribution in [2.75, 3.05) is 19.8 Å². The van der Waals surface area contributed by atoms with Crippen molar-refractivity contribution in [1.82, 2.24) is 0 Å². The van der Waals surface area contributed by atoms with E-state index in [9.17, 15) is 0 Å². The summed E-state index contributed by atoms with van der Waals surface area (Å²) in [6.07, 6.45) is 6.95. The highest BCUT2D eigenvalue weighted by atomic mass is 28.3. The number of allylic oxidation sites excluding steroid dienone is 5. The number of nitrogens with zero attached hydrogens (tertiary/aromatic N) is 1. The van der Waals surface area contributed by atoms with Crippen molar-refractivity contribution >= 4 is 30.2 Å². The molecule has 1 aliphatic heterocycles. The number of nitrogens with two attached hydrogens (primary N) is 1. The fourth-order valence-corrected chi connectivity index (χ4v) is 7.37. The Bertz CT molecular complexity index is 1080. The Labute approximate surface area is 163 Å². The molecular weight excluding hydrogens is 344 g/mol. The van der Waals surface area contributed by atoms with Gasteiger partial charge in [-0.3, -0.25) is 0 Å². The molecule has 1 aliphatic carbocycles. The van der Waals surface area contributed by atoms with Gasteiger partial charge in [-0.05, 0) is 63.4 Å². The summed E-state index contributed by atoms with van der Waals surface area (Å²) >= 11 is 0. The van der Waals surface area contributed by atoms with Gasteiger partial charge in [0, 0.05) is 17.8 Å². The molecule has 0 aromatic heterocycles. The molecule has 0 saturated carbocycles. The van der Waals surface area contributed by atoms with E-state index in [4.69, 9.17) is 5.73 Å². The molecule has 2 aliphatic rings. The summed E-state index contributed by atoms with van der Waals surface area (Å²) in [5.41, 5.74) is 15.0. The maximum atomic E-state index is 6.22. The predicted molar refractivity (Wildman–Crippen MR) is 120 cm³/mol. The summed E-state index contributed by atoms with van der Waals surface area (Å²) in [6, 6.07) is 15.2. The first-order valence-corrected chi connectivity index (χ1v) is 12.5. The number of hydrogen-bond acceptors (Lipinski definition) is 1. The topological polar surface area (TPSA) is 29.0 Å². The van der Waals surface area contributed by atoms with Gasteiger partial charge in [0.05, 0.1) is 0 Å². The van der Waals surface area contributed by atoms with Crippen LogP contribution in [0.5, 0.6) is 0 Å². The summed E-state index contributed by atoms with van der Waals surface area (Å²) in [5, 5.41) is 2.93. The van der Waals surface area contributed by atoms with Crippen molar-refractivity contribution < 1.29 is 4.58 Å². The maximum Gasteiger partial charge on any atom is 0.199 e. The van der Waals surface area contributed by atoms with Crippen molar-refractivity contribution in [3.63, 3.8) is 0 Å². The normalized spacial score (nSPS) is 17.4. The van der Waals surface area contributed by atoms with Gasteiger partial charge in [-0.25, -0.2) is 4.58 Å². The number of benzene rings is 2. The van der Waals surface area contributed by atoms with Gasteiger partial charge < -0.3 is 5.73 Å². The van der Waals surface area contributed by atoms with E-state index < -0.39 is 8.07 Å². The average Bonchev–Trinajstić information content (AvgIpc) is 2.63. The zero-order chi connectivity index (χ0) is 19.3. The first kappa shape index (κ1) is 17.7. The van der Waals surface area contributed by atoms with Gasteiger partial charge in [0.25, 0.3) is 0 Å². The summed E-state index contributed by atoms with van der Waals surface area (Å²) < 4.78 is 2.19. The molecule has 0 saturated heterocycles. The molecule has 1 heterocycles. The molecule has 0 radical (unpaired) electrons. The lowest BCUT2D eigenvalue weighted by atomic mass is 9.87. The molecule has 4 rings (SSSR count). The molecule has 0 amide bonds. The minimum atomic E-state index is -1.86. The molecule has 0 atom stereocenters. The van der Waals surface area contributed by atoms with Crippen LogP contribution < -0.4 is 10.9 Å². The Kier molecular flexibility index (Phi) is 4.08. The Morgan fingerprint density at radius 2 is 1.67 bits per heavy atom. The lowest BCUT2D eigenvalue weighted by molar-refractivity contribution is -0.462. The van der Waals surface area contributed by atoms with Crippen LogP contribution in [0.4, 0.5) is 5.69 Å². The maximum absolute atomic E-state index is 6.22. The Hall–Kier alpha value is -2.65. The SMILES string of the molecule is Cc1ccccc1C1=C2C=CC(=[N+](C)C)C=C2[Si](C)(C)c2cc(N)ccc21. The van der Waals surface area contributed by atoms with E-state index in [1.54, 1.807) is 0 Å². The monoisotopic (exact) mass is 371 g/mol. The second kappa shape index (κ2) is 6.21. The molecule has 0 fully saturated rings. The van der Waals surface area contributed by atoms with E-state index in [2.05, 4.69) is 93.3 Å². The Morgan fingerprint density at radius 1 is 0.926 bits per heavy atom. The summed E-state index contributed by atoms with van der Waals surface area (Å²) in [5.74, 6) is 0. The van der Waals surface area contributed by atoms with Crippen molar-refractivity contribution in [3.8, 4) is 0 Å². The zero-order valence-corrected chi connectivity index (χ0v) is 17.8. The average molecular weight is 372 g/mol. The lowest BCUT2D eigenvalue weighted by Crippen LogP contribution is -2.49. The first-order valence-electron chi connectivity index (χ1n) is 9.46. The van der Waals surface area contributed by atoms with Crippen LogP contribution in [0.25, 0.3) is 5.57 Å². The van der Waals surface area contributed by atoms with Crippen molar-refractivity contribution in [2.45, 2.75) is 20.0 Å². The zero-order valence-electron chi connectivity index (χ0n) is 16.8. The predicted octanol–water partition coefficient (Wildman–Crippen LogP) is 4.06. The lowest BCUT2D eigenvalue weighted by Gasteiger charge is -2.38. The molecular formula is C24H27N2Si+. The number of rotatable bonds is 1. The minimum Gasteiger partial charge on any atom is -0.399 e. The Balaban J connectivity index is 2.13. The van der Waals surface area contributed by atoms with Crippen LogP contribution in [0.1, 0.15) is 16.7 Å². The third-order valence-corrected chi connectivity index (χ3v) is 9.38. The van der Waals surface area contributed by atoms with Crippen LogP contribution in [-0.4, -0.2) is 32.5 Å². The van der Waals surface area contributed by atoms with Crippen molar-refractivity contribution in [3.05, 3.63) is 88.2 Å². The second-order valence-electron chi connectivity index (χ2n) is 8.24. The van der Waals surface area contributed by atoms with Gasteiger partial charge >= 0.3 is 0 Å². The second-order valence-corrected chi connectivity index (χ2v) is 12.6. The molecule has 2 aromatic carbocycles. The van der Waals surface area contributed by atoms with Crippen LogP contribution in [0.3, 0.4) is 0 Å². The third-order valence-electron chi connectivity index (χ3n) is 5.86. The molecule has 136 valence electrons. The smallest absolute Gasteiger partial charge is 0.199 e. The van der Waals surface area contributed by atoms with Gasteiger partial charge in [0.2, 0.25) is 0 Å². The standard InChI is InChI=1S/C24H26N2Si/c1-16-8-6-7-9-19(16)24-20-12-10-17(25)14-22(20)27(4,5)23-15-18(26(2)3)11-13-21(23)24/h6-15,25H,1-5H3/p+1. The molecule has 0 bridgehead atoms. The van der Waals surface area contributed by atoms with E-state index in [0.717, 1.165) is 5.69 Å². The highest BCUT2D eigenvalue weighted by Gasteiger charge is 2.40. The van der Waals surface area contributed by atoms with E-state index in [1.165, 1.54) is 43.9 Å². The highest BCUT2D eigenvalue weighted by molar-refractivity contribution is 6.98. The molecule has 0 unspecified atom stereocenters. The van der Waals surface area contributed by atoms with Crippen LogP contribution in [0.15, 0.2) is 71.5 Å². The highest BCUT2D eigenvalue weighted by Crippen LogP contribution is 2.42. The van der Waals surface area contributed by atoms with Crippen LogP contribution in [-0.2, 0) is 0 Å². The number of hydrogen-bond donors (Lipinski definition) is 1. The van der Waals surface area contributed by atoms with E-state index in [0.29, 0.717) is 0 Å². The molecule has 2 N–H and O–H groups in total. The van der Waals surface area contributed by atoms with Crippen LogP contribution in [0.2, 0.25) is 13.1 Å². The minimum absolute atomic E-state index is 0.852. The molecule has 2 nitrogen and oxygen atoms in total. The summed E-state index contributed by atoms with van der Waals surface area (Å²) in [6.45, 7) is 7.08. The largest absolute Gasteiger partial charge is 0.399 e. The van der Waals surface area contributed by atoms with Crippen LogP contribution >= 0.6 is 0 Å². The fraction of sp³-hybridized carbons (Fsp3) is 0.208. The van der Waals surface area contributed by atoms with Gasteiger partial charge in [-0.1, -0.05) is 43.4 Å². The van der Waals surface area contributed by atoms with Gasteiger partial charge in [-0.2, -0.15) is 0 Å². The summed E-state index contributed by atoms with van der Waals surface area (Å²) in [7, 11) is 2.36. The fourth-order valence-electron chi connectivity index (χ4n) is 4.28. The number of aryl methyl sites for hydroxylation is 1. The first-order chi connectivity index (χ1) is 12.8. The van der Waals surface area contributed by atoms with Gasteiger partial charge in [0.1, 0.15) is 22.2 Å². The molecule has 3 heteroatoms. The molecule has 0 spiro atoms. The number of fused-ring (bicyclic) bond motifs is 2. The van der Waals surface area contributed by atoms with Gasteiger partial charge in [-0.15, -0.1) is 0 Å². The van der Waals surface area contributed by atoms with E-state index in [-0.39, 0.29) is 0 Å². The molecule has 2 aromatic rings. The number of anilines is 1. The quantitative estimate of drug-likeness (QED) is 0.457.